The smallest absolute Gasteiger partial charge is 0.0159 e. The molecule has 8 aromatic carbocycles. The van der Waals surface area contributed by atoms with Gasteiger partial charge >= 0.3 is 0 Å². The van der Waals surface area contributed by atoms with E-state index < -0.39 is 0 Å². The Morgan fingerprint density at radius 3 is 1.32 bits per heavy atom. The Labute approximate surface area is 294 Å². The van der Waals surface area contributed by atoms with Gasteiger partial charge in [0.2, 0.25) is 0 Å². The van der Waals surface area contributed by atoms with Crippen molar-refractivity contribution in [3.05, 3.63) is 180 Å². The predicted molar refractivity (Wildman–Crippen MR) is 213 cm³/mol. The van der Waals surface area contributed by atoms with Gasteiger partial charge in [0.1, 0.15) is 0 Å². The molecule has 0 unspecified atom stereocenters. The Kier molecular flexibility index (Phi) is 6.07. The van der Waals surface area contributed by atoms with E-state index in [0.29, 0.717) is 0 Å². The summed E-state index contributed by atoms with van der Waals surface area (Å²) in [4.78, 5) is 0. The monoisotopic (exact) mass is 638 g/mol. The van der Waals surface area contributed by atoms with Crippen molar-refractivity contribution in [2.75, 3.05) is 0 Å². The maximum Gasteiger partial charge on any atom is 0.0159 e. The van der Waals surface area contributed by atoms with Gasteiger partial charge in [0.25, 0.3) is 0 Å². The number of rotatable bonds is 3. The molecule has 8 aromatic rings. The second kappa shape index (κ2) is 10.4. The van der Waals surface area contributed by atoms with E-state index in [1.165, 1.54) is 99.4 Å². The van der Waals surface area contributed by atoms with E-state index >= 15 is 0 Å². The molecule has 2 aliphatic carbocycles. The highest BCUT2D eigenvalue weighted by molar-refractivity contribution is 6.21. The molecule has 2 aliphatic rings. The van der Waals surface area contributed by atoms with E-state index in [4.69, 9.17) is 0 Å². The topological polar surface area (TPSA) is 0 Å². The Balaban J connectivity index is 1.16. The van der Waals surface area contributed by atoms with E-state index in [-0.39, 0.29) is 10.8 Å². The molecule has 238 valence electrons. The molecule has 0 amide bonds. The Hall–Kier alpha value is -5.72. The SMILES string of the molecule is CC1(C)c2ccccc2-c2cc3c(cc21)C(C)(C)c1cc(-c2c4ccccc4c(-c4ccc(-c5ccccc5)cc4)c4ccccc24)ccc1-3. The molecular formula is C50H38. The van der Waals surface area contributed by atoms with Crippen LogP contribution < -0.4 is 0 Å². The highest BCUT2D eigenvalue weighted by atomic mass is 14.4. The second-order valence-corrected chi connectivity index (χ2v) is 15.3. The number of fused-ring (bicyclic) bond motifs is 8. The molecule has 50 heavy (non-hydrogen) atoms. The lowest BCUT2D eigenvalue weighted by Gasteiger charge is -2.26. The van der Waals surface area contributed by atoms with Gasteiger partial charge in [-0.25, -0.2) is 0 Å². The third-order valence-corrected chi connectivity index (χ3v) is 11.9. The molecule has 0 radical (unpaired) electrons. The standard InChI is InChI=1S/C50H38/c1-49(2)43-21-13-12-16-35(43)41-29-42-36-27-26-34(28-44(36)50(3,4)46(42)30-45(41)49)48-39-19-10-8-17-37(39)47(38-18-9-11-20-40(38)48)33-24-22-32(23-25-33)31-14-6-5-7-15-31/h5-30H,1-4H3. The van der Waals surface area contributed by atoms with E-state index in [9.17, 15) is 0 Å². The van der Waals surface area contributed by atoms with Crippen molar-refractivity contribution in [2.45, 2.75) is 38.5 Å². The van der Waals surface area contributed by atoms with Gasteiger partial charge in [-0.15, -0.1) is 0 Å². The van der Waals surface area contributed by atoms with Gasteiger partial charge in [-0.1, -0.05) is 173 Å². The zero-order chi connectivity index (χ0) is 33.8. The van der Waals surface area contributed by atoms with Crippen LogP contribution in [0.5, 0.6) is 0 Å². The van der Waals surface area contributed by atoms with Crippen LogP contribution in [0.4, 0.5) is 0 Å². The zero-order valence-electron chi connectivity index (χ0n) is 29.0. The lowest BCUT2D eigenvalue weighted by molar-refractivity contribution is 0.639. The number of hydrogen-bond acceptors (Lipinski definition) is 0. The molecule has 0 heteroatoms. The highest BCUT2D eigenvalue weighted by Gasteiger charge is 2.41. The molecule has 0 fully saturated rings. The van der Waals surface area contributed by atoms with Crippen molar-refractivity contribution in [1.82, 2.24) is 0 Å². The van der Waals surface area contributed by atoms with Crippen molar-refractivity contribution in [2.24, 2.45) is 0 Å². The first-order chi connectivity index (χ1) is 24.3. The Bertz CT molecular complexity index is 2610. The third-order valence-electron chi connectivity index (χ3n) is 11.9. The van der Waals surface area contributed by atoms with Crippen molar-refractivity contribution < 1.29 is 0 Å². The van der Waals surface area contributed by atoms with Crippen LogP contribution in [-0.4, -0.2) is 0 Å². The highest BCUT2D eigenvalue weighted by Crippen LogP contribution is 2.57. The fourth-order valence-corrected chi connectivity index (χ4v) is 9.29. The quantitative estimate of drug-likeness (QED) is 0.169. The minimum Gasteiger partial charge on any atom is -0.0622 e. The summed E-state index contributed by atoms with van der Waals surface area (Å²) in [5.41, 5.74) is 18.7. The average Bonchev–Trinajstić information content (AvgIpc) is 3.52. The first kappa shape index (κ1) is 29.2. The molecule has 0 atom stereocenters. The zero-order valence-corrected chi connectivity index (χ0v) is 29.0. The van der Waals surface area contributed by atoms with Gasteiger partial charge in [-0.2, -0.15) is 0 Å². The minimum absolute atomic E-state index is 0.0155. The molecule has 0 N–H and O–H groups in total. The Morgan fingerprint density at radius 2 is 0.700 bits per heavy atom. The minimum atomic E-state index is -0.118. The second-order valence-electron chi connectivity index (χ2n) is 15.3. The van der Waals surface area contributed by atoms with Crippen LogP contribution in [0, 0.1) is 0 Å². The van der Waals surface area contributed by atoms with Gasteiger partial charge in [0, 0.05) is 10.8 Å². The van der Waals surface area contributed by atoms with Crippen molar-refractivity contribution in [3.63, 3.8) is 0 Å². The molecule has 0 spiro atoms. The van der Waals surface area contributed by atoms with Crippen molar-refractivity contribution in [1.29, 1.82) is 0 Å². The summed E-state index contributed by atoms with van der Waals surface area (Å²) in [5, 5.41) is 5.15. The fraction of sp³-hybridized carbons (Fsp3) is 0.120. The van der Waals surface area contributed by atoms with Crippen LogP contribution in [0.1, 0.15) is 49.9 Å². The van der Waals surface area contributed by atoms with Gasteiger partial charge in [-0.3, -0.25) is 0 Å². The molecule has 0 aromatic heterocycles. The largest absolute Gasteiger partial charge is 0.0622 e. The van der Waals surface area contributed by atoms with Crippen molar-refractivity contribution in [3.8, 4) is 55.6 Å². The molecule has 0 saturated heterocycles. The molecule has 10 rings (SSSR count). The Morgan fingerprint density at radius 1 is 0.280 bits per heavy atom. The van der Waals surface area contributed by atoms with Gasteiger partial charge < -0.3 is 0 Å². The lowest BCUT2D eigenvalue weighted by Crippen LogP contribution is -2.18. The normalized spacial score (nSPS) is 14.7. The number of hydrogen-bond donors (Lipinski definition) is 0. The van der Waals surface area contributed by atoms with Crippen LogP contribution in [0.15, 0.2) is 158 Å². The lowest BCUT2D eigenvalue weighted by atomic mass is 9.77. The summed E-state index contributed by atoms with van der Waals surface area (Å²) in [6, 6.07) is 59.0. The van der Waals surface area contributed by atoms with Gasteiger partial charge in [0.05, 0.1) is 0 Å². The van der Waals surface area contributed by atoms with E-state index in [2.05, 4.69) is 185 Å². The first-order valence-electron chi connectivity index (χ1n) is 17.9. The summed E-state index contributed by atoms with van der Waals surface area (Å²) < 4.78 is 0. The molecule has 0 heterocycles. The summed E-state index contributed by atoms with van der Waals surface area (Å²) in [5.74, 6) is 0. The summed E-state index contributed by atoms with van der Waals surface area (Å²) in [7, 11) is 0. The molecule has 0 aliphatic heterocycles. The fourth-order valence-electron chi connectivity index (χ4n) is 9.29. The van der Waals surface area contributed by atoms with Crippen molar-refractivity contribution >= 4 is 21.5 Å². The molecule has 0 bridgehead atoms. The van der Waals surface area contributed by atoms with E-state index in [1.807, 2.05) is 0 Å². The first-order valence-corrected chi connectivity index (χ1v) is 17.9. The van der Waals surface area contributed by atoms with Crippen LogP contribution in [0.3, 0.4) is 0 Å². The molecule has 0 saturated carbocycles. The predicted octanol–water partition coefficient (Wildman–Crippen LogP) is 13.6. The maximum atomic E-state index is 2.53. The summed E-state index contributed by atoms with van der Waals surface area (Å²) in [6.07, 6.45) is 0. The van der Waals surface area contributed by atoms with Crippen LogP contribution >= 0.6 is 0 Å². The van der Waals surface area contributed by atoms with Crippen LogP contribution in [0.25, 0.3) is 77.2 Å². The van der Waals surface area contributed by atoms with Crippen LogP contribution in [0.2, 0.25) is 0 Å². The molecule has 0 nitrogen and oxygen atoms in total. The van der Waals surface area contributed by atoms with E-state index in [0.717, 1.165) is 0 Å². The van der Waals surface area contributed by atoms with Crippen LogP contribution in [-0.2, 0) is 10.8 Å². The van der Waals surface area contributed by atoms with E-state index in [1.54, 1.807) is 0 Å². The summed E-state index contributed by atoms with van der Waals surface area (Å²) >= 11 is 0. The number of benzene rings is 8. The van der Waals surface area contributed by atoms with Gasteiger partial charge in [-0.05, 0) is 112 Å². The van der Waals surface area contributed by atoms with Gasteiger partial charge in [0.15, 0.2) is 0 Å². The maximum absolute atomic E-state index is 2.53. The summed E-state index contributed by atoms with van der Waals surface area (Å²) in [6.45, 7) is 9.60. The third kappa shape index (κ3) is 4.00. The average molecular weight is 639 g/mol. The molecular weight excluding hydrogens is 601 g/mol.